The lowest BCUT2D eigenvalue weighted by Crippen LogP contribution is -2.48. The van der Waals surface area contributed by atoms with Gasteiger partial charge in [-0.3, -0.25) is 9.89 Å². The Morgan fingerprint density at radius 1 is 1.55 bits per heavy atom. The standard InChI is InChI=1S/C12H16N6O2/c19-6-10(20)16-8-2-1-3-18(5-8)12-9-4-15-17-11(9)13-7-14-12/h4,7-8,19H,1-3,5-6H2,(H,16,20)(H,13,14,15,17)/t8-/m1/s1. The second-order valence-corrected chi connectivity index (χ2v) is 4.84. The van der Waals surface area contributed by atoms with Crippen LogP contribution < -0.4 is 10.2 Å². The van der Waals surface area contributed by atoms with E-state index in [2.05, 4.69) is 30.4 Å². The number of hydrogen-bond donors (Lipinski definition) is 3. The number of nitrogens with zero attached hydrogens (tertiary/aromatic N) is 4. The first-order valence-electron chi connectivity index (χ1n) is 6.57. The quantitative estimate of drug-likeness (QED) is 0.693. The minimum absolute atomic E-state index is 0.0281. The summed E-state index contributed by atoms with van der Waals surface area (Å²) in [5.41, 5.74) is 0.705. The number of anilines is 1. The van der Waals surface area contributed by atoms with E-state index in [-0.39, 0.29) is 11.9 Å². The Morgan fingerprint density at radius 2 is 2.45 bits per heavy atom. The molecule has 1 atom stereocenters. The number of carbonyl (C=O) groups excluding carboxylic acids is 1. The fourth-order valence-corrected chi connectivity index (χ4v) is 2.56. The normalized spacial score (nSPS) is 19.2. The van der Waals surface area contributed by atoms with Crippen molar-refractivity contribution in [3.63, 3.8) is 0 Å². The van der Waals surface area contributed by atoms with E-state index in [0.717, 1.165) is 30.6 Å². The summed E-state index contributed by atoms with van der Waals surface area (Å²) in [6, 6.07) is 0.0281. The zero-order chi connectivity index (χ0) is 13.9. The van der Waals surface area contributed by atoms with Crippen LogP contribution in [0.4, 0.5) is 5.82 Å². The molecule has 1 amide bonds. The van der Waals surface area contributed by atoms with Crippen LogP contribution in [0.3, 0.4) is 0 Å². The van der Waals surface area contributed by atoms with Crippen molar-refractivity contribution in [2.45, 2.75) is 18.9 Å². The van der Waals surface area contributed by atoms with Crippen LogP contribution in [0.1, 0.15) is 12.8 Å². The van der Waals surface area contributed by atoms with Crippen LogP contribution >= 0.6 is 0 Å². The van der Waals surface area contributed by atoms with Crippen molar-refractivity contribution in [1.82, 2.24) is 25.5 Å². The average Bonchev–Trinajstić information content (AvgIpc) is 2.95. The van der Waals surface area contributed by atoms with E-state index in [0.29, 0.717) is 12.2 Å². The Hall–Kier alpha value is -2.22. The smallest absolute Gasteiger partial charge is 0.245 e. The number of aromatic amines is 1. The summed E-state index contributed by atoms with van der Waals surface area (Å²) < 4.78 is 0. The van der Waals surface area contributed by atoms with Crippen molar-refractivity contribution in [2.75, 3.05) is 24.6 Å². The number of aliphatic hydroxyl groups is 1. The summed E-state index contributed by atoms with van der Waals surface area (Å²) in [6.45, 7) is 1.07. The maximum atomic E-state index is 11.3. The molecule has 0 radical (unpaired) electrons. The van der Waals surface area contributed by atoms with Gasteiger partial charge in [-0.25, -0.2) is 9.97 Å². The molecule has 8 heteroatoms. The molecule has 106 valence electrons. The molecule has 1 aliphatic heterocycles. The van der Waals surface area contributed by atoms with Crippen molar-refractivity contribution in [3.8, 4) is 0 Å². The second-order valence-electron chi connectivity index (χ2n) is 4.84. The first kappa shape index (κ1) is 12.8. The van der Waals surface area contributed by atoms with Gasteiger partial charge in [0.05, 0.1) is 11.6 Å². The average molecular weight is 276 g/mol. The molecule has 1 fully saturated rings. The molecule has 3 N–H and O–H groups in total. The fourth-order valence-electron chi connectivity index (χ4n) is 2.56. The number of aliphatic hydroxyl groups excluding tert-OH is 1. The lowest BCUT2D eigenvalue weighted by molar-refractivity contribution is -0.124. The van der Waals surface area contributed by atoms with E-state index in [4.69, 9.17) is 5.11 Å². The van der Waals surface area contributed by atoms with Crippen molar-refractivity contribution >= 4 is 22.8 Å². The first-order chi connectivity index (χ1) is 9.78. The second kappa shape index (κ2) is 5.41. The molecule has 1 aliphatic rings. The summed E-state index contributed by atoms with van der Waals surface area (Å²) in [7, 11) is 0. The number of H-pyrrole nitrogens is 1. The predicted molar refractivity (Wildman–Crippen MR) is 72.1 cm³/mol. The molecule has 3 rings (SSSR count). The van der Waals surface area contributed by atoms with Crippen LogP contribution in [0.5, 0.6) is 0 Å². The molecule has 8 nitrogen and oxygen atoms in total. The third-order valence-corrected chi connectivity index (χ3v) is 3.46. The lowest BCUT2D eigenvalue weighted by Gasteiger charge is -2.34. The van der Waals surface area contributed by atoms with Crippen LogP contribution in [0, 0.1) is 0 Å². The summed E-state index contributed by atoms with van der Waals surface area (Å²) in [5, 5.41) is 19.3. The van der Waals surface area contributed by atoms with Gasteiger partial charge in [0.2, 0.25) is 5.91 Å². The SMILES string of the molecule is O=C(CO)N[C@@H]1CCCN(c2ncnc3[nH]ncc23)C1. The zero-order valence-electron chi connectivity index (χ0n) is 10.9. The predicted octanol–water partition coefficient (Wildman–Crippen LogP) is -0.570. The molecule has 2 aromatic heterocycles. The molecule has 3 heterocycles. The van der Waals surface area contributed by atoms with Gasteiger partial charge in [-0.2, -0.15) is 5.10 Å². The number of hydrogen-bond acceptors (Lipinski definition) is 6. The maximum Gasteiger partial charge on any atom is 0.245 e. The van der Waals surface area contributed by atoms with Crippen molar-refractivity contribution in [3.05, 3.63) is 12.5 Å². The number of aromatic nitrogens is 4. The Labute approximate surface area is 115 Å². The van der Waals surface area contributed by atoms with E-state index in [9.17, 15) is 4.79 Å². The van der Waals surface area contributed by atoms with Crippen LogP contribution in [-0.4, -0.2) is 56.9 Å². The molecule has 20 heavy (non-hydrogen) atoms. The van der Waals surface area contributed by atoms with Gasteiger partial charge in [0.25, 0.3) is 0 Å². The Bertz CT molecular complexity index is 613. The molecule has 0 unspecified atom stereocenters. The van der Waals surface area contributed by atoms with Crippen LogP contribution in [-0.2, 0) is 4.79 Å². The molecule has 0 aliphatic carbocycles. The van der Waals surface area contributed by atoms with E-state index >= 15 is 0 Å². The zero-order valence-corrected chi connectivity index (χ0v) is 10.9. The van der Waals surface area contributed by atoms with Gasteiger partial charge in [-0.15, -0.1) is 0 Å². The van der Waals surface area contributed by atoms with E-state index in [1.165, 1.54) is 6.33 Å². The Kier molecular flexibility index (Phi) is 3.46. The lowest BCUT2D eigenvalue weighted by atomic mass is 10.1. The van der Waals surface area contributed by atoms with Gasteiger partial charge >= 0.3 is 0 Å². The topological polar surface area (TPSA) is 107 Å². The van der Waals surface area contributed by atoms with Gasteiger partial charge in [-0.1, -0.05) is 0 Å². The number of fused-ring (bicyclic) bond motifs is 1. The van der Waals surface area contributed by atoms with Gasteiger partial charge < -0.3 is 15.3 Å². The number of amides is 1. The van der Waals surface area contributed by atoms with Crippen molar-refractivity contribution < 1.29 is 9.90 Å². The molecular formula is C12H16N6O2. The van der Waals surface area contributed by atoms with Crippen LogP contribution in [0.25, 0.3) is 11.0 Å². The number of rotatable bonds is 3. The highest BCUT2D eigenvalue weighted by Gasteiger charge is 2.23. The summed E-state index contributed by atoms with van der Waals surface area (Å²) in [6.07, 6.45) is 5.08. The largest absolute Gasteiger partial charge is 0.387 e. The molecular weight excluding hydrogens is 260 g/mol. The Morgan fingerprint density at radius 3 is 3.30 bits per heavy atom. The van der Waals surface area contributed by atoms with Gasteiger partial charge in [0.1, 0.15) is 18.8 Å². The highest BCUT2D eigenvalue weighted by atomic mass is 16.3. The fraction of sp³-hybridized carbons (Fsp3) is 0.500. The minimum atomic E-state index is -0.476. The maximum absolute atomic E-state index is 11.3. The summed E-state index contributed by atoms with van der Waals surface area (Å²) in [4.78, 5) is 21.8. The molecule has 1 saturated heterocycles. The molecule has 2 aromatic rings. The van der Waals surface area contributed by atoms with Crippen molar-refractivity contribution in [1.29, 1.82) is 0 Å². The van der Waals surface area contributed by atoms with E-state index in [1.54, 1.807) is 6.20 Å². The summed E-state index contributed by atoms with van der Waals surface area (Å²) >= 11 is 0. The third-order valence-electron chi connectivity index (χ3n) is 3.46. The number of carbonyl (C=O) groups is 1. The Balaban J connectivity index is 1.79. The highest BCUT2D eigenvalue weighted by molar-refractivity contribution is 5.86. The molecule has 0 saturated carbocycles. The van der Waals surface area contributed by atoms with Gasteiger partial charge in [0.15, 0.2) is 5.65 Å². The van der Waals surface area contributed by atoms with Crippen LogP contribution in [0.15, 0.2) is 12.5 Å². The first-order valence-corrected chi connectivity index (χ1v) is 6.57. The third kappa shape index (κ3) is 2.42. The number of nitrogens with one attached hydrogen (secondary N) is 2. The summed E-state index contributed by atoms with van der Waals surface area (Å²) in [5.74, 6) is 0.486. The molecule has 0 bridgehead atoms. The van der Waals surface area contributed by atoms with Crippen molar-refractivity contribution in [2.24, 2.45) is 0 Å². The van der Waals surface area contributed by atoms with E-state index in [1.807, 2.05) is 0 Å². The van der Waals surface area contributed by atoms with Gasteiger partial charge in [-0.05, 0) is 12.8 Å². The monoisotopic (exact) mass is 276 g/mol. The van der Waals surface area contributed by atoms with E-state index < -0.39 is 6.61 Å². The molecule has 0 spiro atoms. The van der Waals surface area contributed by atoms with Gasteiger partial charge in [0, 0.05) is 19.1 Å². The van der Waals surface area contributed by atoms with Crippen LogP contribution in [0.2, 0.25) is 0 Å². The molecule has 0 aromatic carbocycles. The highest BCUT2D eigenvalue weighted by Crippen LogP contribution is 2.24. The number of piperidine rings is 1. The minimum Gasteiger partial charge on any atom is -0.387 e.